The Labute approximate surface area is 183 Å². The number of unbranched alkanes of at least 4 members (excludes halogenated alkanes) is 10. The number of hydrogen-bond donors (Lipinski definition) is 2. The van der Waals surface area contributed by atoms with Gasteiger partial charge in [0.25, 0.3) is 0 Å². The maximum Gasteiger partial charge on any atom is 0.226 e. The summed E-state index contributed by atoms with van der Waals surface area (Å²) in [5.74, 6) is 0.824. The van der Waals surface area contributed by atoms with Crippen molar-refractivity contribution < 1.29 is 9.53 Å². The minimum atomic E-state index is -0.0127. The number of carbonyl (C=O) groups excluding carboxylic acids is 1. The largest absolute Gasteiger partial charge is 0.494 e. The van der Waals surface area contributed by atoms with Crippen LogP contribution >= 0.6 is 12.2 Å². The van der Waals surface area contributed by atoms with E-state index in [0.29, 0.717) is 18.1 Å². The first kappa shape index (κ1) is 25.4. The molecule has 0 heterocycles. The maximum absolute atomic E-state index is 12.0. The standard InChI is InChI=1S/C24H40N2O2S/c1-3-5-6-7-8-9-10-11-12-13-14-15-23(27)26-24(29)25-21-16-18-22(19-17-21)28-20-4-2/h16-19H,3-15,20H2,1-2H3,(H2,25,26,27,29). The Morgan fingerprint density at radius 2 is 1.38 bits per heavy atom. The van der Waals surface area contributed by atoms with E-state index in [1.54, 1.807) is 0 Å². The van der Waals surface area contributed by atoms with Crippen molar-refractivity contribution in [3.8, 4) is 5.75 Å². The van der Waals surface area contributed by atoms with Crippen LogP contribution in [-0.2, 0) is 4.79 Å². The van der Waals surface area contributed by atoms with Crippen LogP contribution in [0.5, 0.6) is 5.75 Å². The molecule has 164 valence electrons. The Morgan fingerprint density at radius 3 is 1.93 bits per heavy atom. The number of anilines is 1. The zero-order valence-corrected chi connectivity index (χ0v) is 19.3. The lowest BCUT2D eigenvalue weighted by molar-refractivity contribution is -0.119. The highest BCUT2D eigenvalue weighted by atomic mass is 32.1. The highest BCUT2D eigenvalue weighted by Gasteiger charge is 2.05. The van der Waals surface area contributed by atoms with Gasteiger partial charge < -0.3 is 15.4 Å². The van der Waals surface area contributed by atoms with E-state index < -0.39 is 0 Å². The van der Waals surface area contributed by atoms with E-state index in [9.17, 15) is 4.79 Å². The third kappa shape index (κ3) is 14.1. The van der Waals surface area contributed by atoms with Crippen LogP contribution in [0.3, 0.4) is 0 Å². The first-order chi connectivity index (χ1) is 14.2. The van der Waals surface area contributed by atoms with Gasteiger partial charge in [-0.3, -0.25) is 4.79 Å². The van der Waals surface area contributed by atoms with Gasteiger partial charge in [-0.05, 0) is 49.3 Å². The molecule has 0 bridgehead atoms. The topological polar surface area (TPSA) is 50.4 Å². The second kappa shape index (κ2) is 17.3. The molecule has 0 aromatic heterocycles. The molecule has 0 saturated heterocycles. The van der Waals surface area contributed by atoms with E-state index in [-0.39, 0.29) is 5.91 Å². The van der Waals surface area contributed by atoms with Crippen LogP contribution in [0.1, 0.15) is 97.3 Å². The molecule has 0 aliphatic carbocycles. The molecular formula is C24H40N2O2S. The highest BCUT2D eigenvalue weighted by Crippen LogP contribution is 2.16. The average Bonchev–Trinajstić information content (AvgIpc) is 2.71. The maximum atomic E-state index is 12.0. The van der Waals surface area contributed by atoms with E-state index in [2.05, 4.69) is 24.5 Å². The molecule has 0 atom stereocenters. The number of hydrogen-bond acceptors (Lipinski definition) is 3. The third-order valence-corrected chi connectivity index (χ3v) is 5.05. The molecule has 5 heteroatoms. The fourth-order valence-corrected chi connectivity index (χ4v) is 3.39. The Kier molecular flexibility index (Phi) is 15.1. The van der Waals surface area contributed by atoms with Gasteiger partial charge in [0.15, 0.2) is 5.11 Å². The summed E-state index contributed by atoms with van der Waals surface area (Å²) in [5.41, 5.74) is 0.842. The quantitative estimate of drug-likeness (QED) is 0.223. The summed E-state index contributed by atoms with van der Waals surface area (Å²) in [4.78, 5) is 12.0. The molecule has 0 unspecified atom stereocenters. The number of thiocarbonyl (C=S) groups is 1. The molecule has 2 N–H and O–H groups in total. The molecule has 4 nitrogen and oxygen atoms in total. The van der Waals surface area contributed by atoms with Crippen molar-refractivity contribution in [1.29, 1.82) is 0 Å². The first-order valence-electron chi connectivity index (χ1n) is 11.5. The molecule has 1 rings (SSSR count). The van der Waals surface area contributed by atoms with Gasteiger partial charge >= 0.3 is 0 Å². The van der Waals surface area contributed by atoms with E-state index in [0.717, 1.165) is 30.7 Å². The van der Waals surface area contributed by atoms with Crippen LogP contribution in [0.4, 0.5) is 5.69 Å². The SMILES string of the molecule is CCCCCCCCCCCCCC(=O)NC(=S)Nc1ccc(OCCC)cc1. The molecule has 0 aliphatic heterocycles. The molecule has 0 aliphatic rings. The summed E-state index contributed by atoms with van der Waals surface area (Å²) in [5, 5.41) is 6.15. The van der Waals surface area contributed by atoms with Gasteiger partial charge in [0.1, 0.15) is 5.75 Å². The van der Waals surface area contributed by atoms with Gasteiger partial charge in [-0.1, -0.05) is 78.1 Å². The number of nitrogens with one attached hydrogen (secondary N) is 2. The highest BCUT2D eigenvalue weighted by molar-refractivity contribution is 7.80. The molecule has 0 fully saturated rings. The lowest BCUT2D eigenvalue weighted by Crippen LogP contribution is -2.33. The summed E-state index contributed by atoms with van der Waals surface area (Å²) in [6.07, 6.45) is 15.6. The second-order valence-corrected chi connectivity index (χ2v) is 8.07. The predicted molar refractivity (Wildman–Crippen MR) is 128 cm³/mol. The Balaban J connectivity index is 2.03. The van der Waals surface area contributed by atoms with E-state index in [1.807, 2.05) is 24.3 Å². The fraction of sp³-hybridized carbons (Fsp3) is 0.667. The minimum Gasteiger partial charge on any atom is -0.494 e. The Morgan fingerprint density at radius 1 is 0.828 bits per heavy atom. The molecule has 0 saturated carbocycles. The molecule has 1 aromatic rings. The molecule has 0 radical (unpaired) electrons. The number of ether oxygens (including phenoxy) is 1. The van der Waals surface area contributed by atoms with Crippen molar-refractivity contribution in [1.82, 2.24) is 5.32 Å². The molecule has 0 spiro atoms. The summed E-state index contributed by atoms with van der Waals surface area (Å²) < 4.78 is 5.55. The average molecular weight is 421 g/mol. The first-order valence-corrected chi connectivity index (χ1v) is 11.9. The van der Waals surface area contributed by atoms with Crippen LogP contribution in [0, 0.1) is 0 Å². The van der Waals surface area contributed by atoms with Gasteiger partial charge in [-0.25, -0.2) is 0 Å². The zero-order chi connectivity index (χ0) is 21.2. The van der Waals surface area contributed by atoms with Crippen LogP contribution in [0.15, 0.2) is 24.3 Å². The van der Waals surface area contributed by atoms with Crippen molar-refractivity contribution in [3.63, 3.8) is 0 Å². The predicted octanol–water partition coefficient (Wildman–Crippen LogP) is 6.99. The van der Waals surface area contributed by atoms with Crippen LogP contribution in [-0.4, -0.2) is 17.6 Å². The van der Waals surface area contributed by atoms with Crippen molar-refractivity contribution in [3.05, 3.63) is 24.3 Å². The number of benzene rings is 1. The summed E-state index contributed by atoms with van der Waals surface area (Å²) >= 11 is 5.23. The number of rotatable bonds is 16. The molecule has 1 aromatic carbocycles. The van der Waals surface area contributed by atoms with E-state index in [1.165, 1.54) is 57.8 Å². The van der Waals surface area contributed by atoms with Crippen LogP contribution < -0.4 is 15.4 Å². The number of amides is 1. The molecular weight excluding hydrogens is 380 g/mol. The molecule has 29 heavy (non-hydrogen) atoms. The third-order valence-electron chi connectivity index (χ3n) is 4.85. The van der Waals surface area contributed by atoms with Crippen molar-refractivity contribution in [2.75, 3.05) is 11.9 Å². The number of carbonyl (C=O) groups is 1. The second-order valence-electron chi connectivity index (χ2n) is 7.66. The zero-order valence-electron chi connectivity index (χ0n) is 18.4. The normalized spacial score (nSPS) is 10.6. The van der Waals surface area contributed by atoms with E-state index in [4.69, 9.17) is 17.0 Å². The van der Waals surface area contributed by atoms with Gasteiger partial charge in [-0.2, -0.15) is 0 Å². The fourth-order valence-electron chi connectivity index (χ4n) is 3.16. The van der Waals surface area contributed by atoms with Crippen molar-refractivity contribution >= 4 is 28.9 Å². The summed E-state index contributed by atoms with van der Waals surface area (Å²) in [7, 11) is 0. The Hall–Kier alpha value is -1.62. The van der Waals surface area contributed by atoms with Gasteiger partial charge in [0, 0.05) is 12.1 Å². The lowest BCUT2D eigenvalue weighted by atomic mass is 10.1. The minimum absolute atomic E-state index is 0.0127. The summed E-state index contributed by atoms with van der Waals surface area (Å²) in [6, 6.07) is 7.59. The van der Waals surface area contributed by atoms with Gasteiger partial charge in [-0.15, -0.1) is 0 Å². The smallest absolute Gasteiger partial charge is 0.226 e. The molecule has 1 amide bonds. The van der Waals surface area contributed by atoms with Crippen molar-refractivity contribution in [2.24, 2.45) is 0 Å². The van der Waals surface area contributed by atoms with Crippen molar-refractivity contribution in [2.45, 2.75) is 97.3 Å². The van der Waals surface area contributed by atoms with Gasteiger partial charge in [0.05, 0.1) is 6.61 Å². The van der Waals surface area contributed by atoms with Crippen LogP contribution in [0.2, 0.25) is 0 Å². The van der Waals surface area contributed by atoms with Crippen LogP contribution in [0.25, 0.3) is 0 Å². The Bertz CT molecular complexity index is 561. The van der Waals surface area contributed by atoms with Gasteiger partial charge in [0.2, 0.25) is 5.91 Å². The lowest BCUT2D eigenvalue weighted by Gasteiger charge is -2.10. The summed E-state index contributed by atoms with van der Waals surface area (Å²) in [6.45, 7) is 5.04. The monoisotopic (exact) mass is 420 g/mol. The van der Waals surface area contributed by atoms with E-state index >= 15 is 0 Å².